The first-order valence-electron chi connectivity index (χ1n) is 7.55. The minimum absolute atomic E-state index is 0.0432. The van der Waals surface area contributed by atoms with Crippen LogP contribution >= 0.6 is 0 Å². The van der Waals surface area contributed by atoms with Crippen molar-refractivity contribution in [2.45, 2.75) is 20.1 Å². The van der Waals surface area contributed by atoms with Crippen LogP contribution in [0.15, 0.2) is 23.2 Å². The molecule has 1 unspecified atom stereocenters. The predicted molar refractivity (Wildman–Crippen MR) is 89.0 cm³/mol. The maximum atomic E-state index is 12.5. The Morgan fingerprint density at radius 2 is 2.00 bits per heavy atom. The molecule has 0 saturated carbocycles. The molecule has 2 N–H and O–H groups in total. The molecule has 9 heteroatoms. The Balaban J connectivity index is 2.72. The highest BCUT2D eigenvalue weighted by Gasteiger charge is 2.14. The molecule has 0 radical (unpaired) electrons. The summed E-state index contributed by atoms with van der Waals surface area (Å²) in [6.07, 6.45) is 0. The van der Waals surface area contributed by atoms with Gasteiger partial charge in [-0.05, 0) is 18.2 Å². The van der Waals surface area contributed by atoms with E-state index in [1.807, 2.05) is 0 Å². The summed E-state index contributed by atoms with van der Waals surface area (Å²) >= 11 is 0. The second-order valence-electron chi connectivity index (χ2n) is 5.08. The molecule has 1 rings (SSSR count). The van der Waals surface area contributed by atoms with Gasteiger partial charge in [0.2, 0.25) is 0 Å². The number of ether oxygens (including phenoxy) is 3. The third kappa shape index (κ3) is 6.82. The van der Waals surface area contributed by atoms with Gasteiger partial charge in [0.15, 0.2) is 5.96 Å². The van der Waals surface area contributed by atoms with Gasteiger partial charge >= 0.3 is 12.6 Å². The van der Waals surface area contributed by atoms with Gasteiger partial charge in [-0.3, -0.25) is 9.79 Å². The lowest BCUT2D eigenvalue weighted by Gasteiger charge is -2.16. The van der Waals surface area contributed by atoms with Crippen molar-refractivity contribution in [1.29, 1.82) is 0 Å². The SMILES string of the molecule is CN=C(NCc1cc(OC)ccc1OC(F)F)NCC(C)C(=O)OC. The van der Waals surface area contributed by atoms with E-state index in [-0.39, 0.29) is 24.2 Å². The average molecular weight is 359 g/mol. The van der Waals surface area contributed by atoms with E-state index < -0.39 is 6.61 Å². The van der Waals surface area contributed by atoms with E-state index in [1.54, 1.807) is 20.0 Å². The molecule has 0 saturated heterocycles. The fraction of sp³-hybridized carbons (Fsp3) is 0.500. The van der Waals surface area contributed by atoms with Gasteiger partial charge in [-0.25, -0.2) is 0 Å². The normalized spacial score (nSPS) is 12.5. The van der Waals surface area contributed by atoms with E-state index in [4.69, 9.17) is 4.74 Å². The highest BCUT2D eigenvalue weighted by molar-refractivity contribution is 5.80. The number of benzene rings is 1. The Labute approximate surface area is 145 Å². The lowest BCUT2D eigenvalue weighted by molar-refractivity contribution is -0.144. The van der Waals surface area contributed by atoms with Crippen LogP contribution in [0.4, 0.5) is 8.78 Å². The van der Waals surface area contributed by atoms with Crippen LogP contribution in [0.5, 0.6) is 11.5 Å². The van der Waals surface area contributed by atoms with Gasteiger partial charge in [0.1, 0.15) is 11.5 Å². The average Bonchev–Trinajstić information content (AvgIpc) is 2.61. The quantitative estimate of drug-likeness (QED) is 0.418. The zero-order chi connectivity index (χ0) is 18.8. The summed E-state index contributed by atoms with van der Waals surface area (Å²) in [5.74, 6) is 0.255. The third-order valence-corrected chi connectivity index (χ3v) is 3.33. The Bertz CT molecular complexity index is 597. The van der Waals surface area contributed by atoms with Crippen LogP contribution in [-0.4, -0.2) is 46.4 Å². The third-order valence-electron chi connectivity index (χ3n) is 3.33. The highest BCUT2D eigenvalue weighted by atomic mass is 19.3. The Morgan fingerprint density at radius 1 is 1.28 bits per heavy atom. The molecule has 0 heterocycles. The van der Waals surface area contributed by atoms with Crippen LogP contribution < -0.4 is 20.1 Å². The molecule has 0 bridgehead atoms. The molecule has 0 amide bonds. The molecule has 1 atom stereocenters. The number of carbonyl (C=O) groups excluding carboxylic acids is 1. The molecule has 0 aromatic heterocycles. The maximum absolute atomic E-state index is 12.5. The molecule has 0 aliphatic carbocycles. The zero-order valence-electron chi connectivity index (χ0n) is 14.6. The lowest BCUT2D eigenvalue weighted by atomic mass is 10.2. The van der Waals surface area contributed by atoms with E-state index >= 15 is 0 Å². The van der Waals surface area contributed by atoms with Crippen molar-refractivity contribution in [3.63, 3.8) is 0 Å². The van der Waals surface area contributed by atoms with Crippen LogP contribution in [-0.2, 0) is 16.1 Å². The van der Waals surface area contributed by atoms with Gasteiger partial charge in [-0.1, -0.05) is 6.92 Å². The summed E-state index contributed by atoms with van der Waals surface area (Å²) in [4.78, 5) is 15.4. The first kappa shape index (κ1) is 20.5. The van der Waals surface area contributed by atoms with Crippen molar-refractivity contribution in [1.82, 2.24) is 10.6 Å². The number of hydrogen-bond donors (Lipinski definition) is 2. The van der Waals surface area contributed by atoms with E-state index in [2.05, 4.69) is 25.1 Å². The summed E-state index contributed by atoms with van der Waals surface area (Å²) in [7, 11) is 4.36. The first-order chi connectivity index (χ1) is 11.9. The van der Waals surface area contributed by atoms with Crippen LogP contribution in [0.25, 0.3) is 0 Å². The maximum Gasteiger partial charge on any atom is 0.387 e. The number of alkyl halides is 2. The standard InChI is InChI=1S/C16H23F2N3O4/c1-10(14(22)24-4)8-20-16(19-2)21-9-11-7-12(23-3)5-6-13(11)25-15(17)18/h5-7,10,15H,8-9H2,1-4H3,(H2,19,20,21). The molecule has 0 spiro atoms. The largest absolute Gasteiger partial charge is 0.497 e. The van der Waals surface area contributed by atoms with Gasteiger partial charge in [0.05, 0.1) is 20.1 Å². The smallest absolute Gasteiger partial charge is 0.387 e. The number of nitrogens with zero attached hydrogens (tertiary/aromatic N) is 1. The number of guanidine groups is 1. The topological polar surface area (TPSA) is 81.2 Å². The number of carbonyl (C=O) groups is 1. The van der Waals surface area contributed by atoms with Crippen molar-refractivity contribution < 1.29 is 27.8 Å². The summed E-state index contributed by atoms with van der Waals surface area (Å²) < 4.78 is 39.3. The van der Waals surface area contributed by atoms with Crippen LogP contribution in [0, 0.1) is 5.92 Å². The van der Waals surface area contributed by atoms with Crippen molar-refractivity contribution in [2.24, 2.45) is 10.9 Å². The number of esters is 1. The molecule has 0 aliphatic heterocycles. The Hall–Kier alpha value is -2.58. The van der Waals surface area contributed by atoms with Crippen molar-refractivity contribution in [3.05, 3.63) is 23.8 Å². The number of methoxy groups -OCH3 is 2. The number of halogens is 2. The number of hydrogen-bond acceptors (Lipinski definition) is 5. The minimum Gasteiger partial charge on any atom is -0.497 e. The van der Waals surface area contributed by atoms with Crippen molar-refractivity contribution in [2.75, 3.05) is 27.8 Å². The van der Waals surface area contributed by atoms with E-state index in [0.717, 1.165) is 0 Å². The summed E-state index contributed by atoms with van der Waals surface area (Å²) in [5.41, 5.74) is 0.476. The zero-order valence-corrected chi connectivity index (χ0v) is 14.6. The minimum atomic E-state index is -2.93. The first-order valence-corrected chi connectivity index (χ1v) is 7.55. The monoisotopic (exact) mass is 359 g/mol. The molecular formula is C16H23F2N3O4. The van der Waals surface area contributed by atoms with E-state index in [0.29, 0.717) is 23.8 Å². The van der Waals surface area contributed by atoms with Crippen LogP contribution in [0.3, 0.4) is 0 Å². The molecule has 7 nitrogen and oxygen atoms in total. The van der Waals surface area contributed by atoms with Gasteiger partial charge in [-0.2, -0.15) is 8.78 Å². The van der Waals surface area contributed by atoms with Crippen molar-refractivity contribution in [3.8, 4) is 11.5 Å². The second-order valence-corrected chi connectivity index (χ2v) is 5.08. The van der Waals surface area contributed by atoms with Crippen LogP contribution in [0.1, 0.15) is 12.5 Å². The lowest BCUT2D eigenvalue weighted by Crippen LogP contribution is -2.40. The number of nitrogens with one attached hydrogen (secondary N) is 2. The predicted octanol–water partition coefficient (Wildman–Crippen LogP) is 1.77. The molecule has 1 aromatic rings. The fourth-order valence-corrected chi connectivity index (χ4v) is 1.97. The van der Waals surface area contributed by atoms with Gasteiger partial charge < -0.3 is 24.8 Å². The molecule has 1 aromatic carbocycles. The fourth-order valence-electron chi connectivity index (χ4n) is 1.97. The number of aliphatic imine (C=N–C) groups is 1. The second kappa shape index (κ2) is 10.3. The Morgan fingerprint density at radius 3 is 2.56 bits per heavy atom. The summed E-state index contributed by atoms with van der Waals surface area (Å²) in [6.45, 7) is -0.732. The highest BCUT2D eigenvalue weighted by Crippen LogP contribution is 2.25. The number of rotatable bonds is 8. The van der Waals surface area contributed by atoms with Gasteiger partial charge in [0.25, 0.3) is 0 Å². The molecule has 0 aliphatic rings. The molecule has 140 valence electrons. The van der Waals surface area contributed by atoms with E-state index in [9.17, 15) is 13.6 Å². The van der Waals surface area contributed by atoms with E-state index in [1.165, 1.54) is 26.4 Å². The molecule has 25 heavy (non-hydrogen) atoms. The summed E-state index contributed by atoms with van der Waals surface area (Å²) in [5, 5.41) is 5.93. The molecular weight excluding hydrogens is 336 g/mol. The van der Waals surface area contributed by atoms with Gasteiger partial charge in [0, 0.05) is 25.7 Å². The van der Waals surface area contributed by atoms with Gasteiger partial charge in [-0.15, -0.1) is 0 Å². The Kier molecular flexibility index (Phi) is 8.45. The summed E-state index contributed by atoms with van der Waals surface area (Å²) in [6, 6.07) is 4.54. The van der Waals surface area contributed by atoms with Crippen molar-refractivity contribution >= 4 is 11.9 Å². The van der Waals surface area contributed by atoms with Crippen LogP contribution in [0.2, 0.25) is 0 Å². The molecule has 0 fully saturated rings.